The van der Waals surface area contributed by atoms with Gasteiger partial charge in [0.15, 0.2) is 5.65 Å². The highest BCUT2D eigenvalue weighted by Gasteiger charge is 2.05. The standard InChI is InChI=1S/C12H11N5/c13-17-8-15-10-7-14-11(16-12(10)17)6-9-4-2-1-3-5-9/h1-5,7-8H,6,13H2. The van der Waals surface area contributed by atoms with Crippen LogP contribution in [-0.2, 0) is 6.42 Å². The van der Waals surface area contributed by atoms with Crippen LogP contribution in [0, 0.1) is 0 Å². The van der Waals surface area contributed by atoms with Crippen molar-refractivity contribution >= 4 is 11.2 Å². The van der Waals surface area contributed by atoms with Crippen LogP contribution in [0.4, 0.5) is 0 Å². The number of nitrogens with two attached hydrogens (primary N) is 1. The number of benzene rings is 1. The van der Waals surface area contributed by atoms with Crippen LogP contribution in [0.15, 0.2) is 42.9 Å². The first-order valence-electron chi connectivity index (χ1n) is 5.31. The molecule has 84 valence electrons. The van der Waals surface area contributed by atoms with E-state index in [0.29, 0.717) is 17.6 Å². The topological polar surface area (TPSA) is 69.6 Å². The Balaban J connectivity index is 1.98. The fourth-order valence-corrected chi connectivity index (χ4v) is 1.73. The molecule has 3 rings (SSSR count). The molecule has 2 N–H and O–H groups in total. The highest BCUT2D eigenvalue weighted by molar-refractivity contribution is 5.69. The van der Waals surface area contributed by atoms with Crippen molar-refractivity contribution in [2.45, 2.75) is 6.42 Å². The molecule has 0 atom stereocenters. The summed E-state index contributed by atoms with van der Waals surface area (Å²) >= 11 is 0. The molecule has 0 amide bonds. The van der Waals surface area contributed by atoms with E-state index in [2.05, 4.69) is 15.0 Å². The second-order valence-electron chi connectivity index (χ2n) is 3.81. The third kappa shape index (κ3) is 1.82. The smallest absolute Gasteiger partial charge is 0.181 e. The van der Waals surface area contributed by atoms with Crippen molar-refractivity contribution in [2.75, 3.05) is 5.84 Å². The van der Waals surface area contributed by atoms with Gasteiger partial charge in [-0.25, -0.2) is 19.6 Å². The average Bonchev–Trinajstić information content (AvgIpc) is 2.73. The van der Waals surface area contributed by atoms with Gasteiger partial charge < -0.3 is 5.84 Å². The van der Waals surface area contributed by atoms with E-state index in [9.17, 15) is 0 Å². The molecule has 0 fully saturated rings. The van der Waals surface area contributed by atoms with Crippen molar-refractivity contribution in [3.8, 4) is 0 Å². The van der Waals surface area contributed by atoms with Gasteiger partial charge in [0.2, 0.25) is 0 Å². The highest BCUT2D eigenvalue weighted by atomic mass is 15.3. The monoisotopic (exact) mass is 225 g/mol. The van der Waals surface area contributed by atoms with E-state index < -0.39 is 0 Å². The molecule has 0 saturated carbocycles. The van der Waals surface area contributed by atoms with Crippen LogP contribution in [0.25, 0.3) is 11.2 Å². The van der Waals surface area contributed by atoms with Crippen LogP contribution < -0.4 is 5.84 Å². The summed E-state index contributed by atoms with van der Waals surface area (Å²) in [7, 11) is 0. The van der Waals surface area contributed by atoms with Gasteiger partial charge in [0.1, 0.15) is 17.7 Å². The molecule has 2 heterocycles. The molecule has 2 aromatic heterocycles. The Morgan fingerprint density at radius 3 is 2.76 bits per heavy atom. The molecule has 5 nitrogen and oxygen atoms in total. The Labute approximate surface area is 97.9 Å². The minimum atomic E-state index is 0.658. The summed E-state index contributed by atoms with van der Waals surface area (Å²) in [6, 6.07) is 10.1. The summed E-state index contributed by atoms with van der Waals surface area (Å²) < 4.78 is 1.41. The Morgan fingerprint density at radius 1 is 1.12 bits per heavy atom. The number of nitrogens with zero attached hydrogens (tertiary/aromatic N) is 4. The molecule has 0 saturated heterocycles. The number of imidazole rings is 1. The number of rotatable bonds is 2. The van der Waals surface area contributed by atoms with Crippen LogP contribution in [0.2, 0.25) is 0 Å². The lowest BCUT2D eigenvalue weighted by Gasteiger charge is -2.00. The maximum Gasteiger partial charge on any atom is 0.181 e. The summed E-state index contributed by atoms with van der Waals surface area (Å²) in [5, 5.41) is 0. The molecule has 0 aliphatic heterocycles. The van der Waals surface area contributed by atoms with Crippen molar-refractivity contribution in [1.29, 1.82) is 0 Å². The molecule has 0 aliphatic rings. The lowest BCUT2D eigenvalue weighted by Crippen LogP contribution is -2.08. The normalized spacial score (nSPS) is 10.8. The summed E-state index contributed by atoms with van der Waals surface area (Å²) in [5.41, 5.74) is 2.55. The van der Waals surface area contributed by atoms with Gasteiger partial charge in [0.25, 0.3) is 0 Å². The maximum absolute atomic E-state index is 5.70. The van der Waals surface area contributed by atoms with Gasteiger partial charge >= 0.3 is 0 Å². The van der Waals surface area contributed by atoms with Gasteiger partial charge in [-0.1, -0.05) is 30.3 Å². The predicted molar refractivity (Wildman–Crippen MR) is 64.7 cm³/mol. The van der Waals surface area contributed by atoms with Gasteiger partial charge in [0, 0.05) is 6.42 Å². The quantitative estimate of drug-likeness (QED) is 0.664. The van der Waals surface area contributed by atoms with E-state index in [-0.39, 0.29) is 0 Å². The molecule has 0 spiro atoms. The van der Waals surface area contributed by atoms with E-state index >= 15 is 0 Å². The number of hydrogen-bond acceptors (Lipinski definition) is 4. The third-order valence-corrected chi connectivity index (χ3v) is 2.57. The second kappa shape index (κ2) is 3.86. The molecule has 0 aliphatic carbocycles. The first kappa shape index (κ1) is 9.77. The number of aromatic nitrogens is 4. The van der Waals surface area contributed by atoms with Crippen molar-refractivity contribution < 1.29 is 0 Å². The van der Waals surface area contributed by atoms with Crippen molar-refractivity contribution in [1.82, 2.24) is 19.6 Å². The Morgan fingerprint density at radius 2 is 1.94 bits per heavy atom. The average molecular weight is 225 g/mol. The summed E-state index contributed by atoms with van der Waals surface area (Å²) in [6.07, 6.45) is 3.93. The third-order valence-electron chi connectivity index (χ3n) is 2.57. The highest BCUT2D eigenvalue weighted by Crippen LogP contribution is 2.09. The Bertz CT molecular complexity index is 644. The summed E-state index contributed by atoms with van der Waals surface area (Å²) in [4.78, 5) is 12.7. The van der Waals surface area contributed by atoms with Gasteiger partial charge in [-0.3, -0.25) is 0 Å². The van der Waals surface area contributed by atoms with Gasteiger partial charge in [-0.15, -0.1) is 0 Å². The first-order chi connectivity index (χ1) is 8.33. The van der Waals surface area contributed by atoms with E-state index in [1.165, 1.54) is 16.6 Å². The zero-order chi connectivity index (χ0) is 11.7. The molecule has 0 bridgehead atoms. The zero-order valence-corrected chi connectivity index (χ0v) is 9.11. The fraction of sp³-hybridized carbons (Fsp3) is 0.0833. The minimum Gasteiger partial charge on any atom is -0.336 e. The number of nitrogen functional groups attached to an aromatic ring is 1. The molecule has 5 heteroatoms. The molecular formula is C12H11N5. The fourth-order valence-electron chi connectivity index (χ4n) is 1.73. The first-order valence-corrected chi connectivity index (χ1v) is 5.31. The molecular weight excluding hydrogens is 214 g/mol. The van der Waals surface area contributed by atoms with Crippen LogP contribution in [0.3, 0.4) is 0 Å². The molecule has 1 aromatic carbocycles. The maximum atomic E-state index is 5.70. The molecule has 3 aromatic rings. The Hall–Kier alpha value is -2.43. The van der Waals surface area contributed by atoms with Crippen LogP contribution in [0.5, 0.6) is 0 Å². The molecule has 0 unspecified atom stereocenters. The zero-order valence-electron chi connectivity index (χ0n) is 9.11. The Kier molecular flexibility index (Phi) is 2.22. The molecule has 17 heavy (non-hydrogen) atoms. The van der Waals surface area contributed by atoms with Gasteiger partial charge in [-0.05, 0) is 5.56 Å². The number of fused-ring (bicyclic) bond motifs is 1. The largest absolute Gasteiger partial charge is 0.336 e. The lowest BCUT2D eigenvalue weighted by atomic mass is 10.1. The summed E-state index contributed by atoms with van der Waals surface area (Å²) in [6.45, 7) is 0. The molecule has 0 radical (unpaired) electrons. The van der Waals surface area contributed by atoms with Crippen LogP contribution in [0.1, 0.15) is 11.4 Å². The van der Waals surface area contributed by atoms with Gasteiger partial charge in [-0.2, -0.15) is 0 Å². The van der Waals surface area contributed by atoms with E-state index in [1.807, 2.05) is 30.3 Å². The van der Waals surface area contributed by atoms with E-state index in [0.717, 1.165) is 5.82 Å². The predicted octanol–water partition coefficient (Wildman–Crippen LogP) is 1.13. The minimum absolute atomic E-state index is 0.658. The SMILES string of the molecule is Nn1cnc2cnc(Cc3ccccc3)nc21. The summed E-state index contributed by atoms with van der Waals surface area (Å²) in [5.74, 6) is 6.45. The van der Waals surface area contributed by atoms with Gasteiger partial charge in [0.05, 0.1) is 6.20 Å². The van der Waals surface area contributed by atoms with Crippen molar-refractivity contribution in [3.63, 3.8) is 0 Å². The second-order valence-corrected chi connectivity index (χ2v) is 3.81. The lowest BCUT2D eigenvalue weighted by molar-refractivity contribution is 0.952. The van der Waals surface area contributed by atoms with Crippen molar-refractivity contribution in [3.05, 3.63) is 54.2 Å². The van der Waals surface area contributed by atoms with E-state index in [1.54, 1.807) is 6.20 Å². The van der Waals surface area contributed by atoms with Crippen molar-refractivity contribution in [2.24, 2.45) is 0 Å². The van der Waals surface area contributed by atoms with Crippen LogP contribution in [-0.4, -0.2) is 19.6 Å². The van der Waals surface area contributed by atoms with E-state index in [4.69, 9.17) is 5.84 Å². The van der Waals surface area contributed by atoms with Crippen LogP contribution >= 0.6 is 0 Å². The number of hydrogen-bond donors (Lipinski definition) is 1.